The zero-order chi connectivity index (χ0) is 10.7. The minimum Gasteiger partial charge on any atom is -0.262 e. The summed E-state index contributed by atoms with van der Waals surface area (Å²) in [6.07, 6.45) is 3.55. The van der Waals surface area contributed by atoms with Gasteiger partial charge in [0, 0.05) is 29.0 Å². The third-order valence-electron chi connectivity index (χ3n) is 1.97. The molecule has 1 heterocycles. The topological polar surface area (TPSA) is 17.8 Å². The summed E-state index contributed by atoms with van der Waals surface area (Å²) in [6, 6.07) is 10.4. The number of nitrogens with zero attached hydrogens (tertiary/aromatic N) is 2. The van der Waals surface area contributed by atoms with E-state index in [1.807, 2.05) is 37.4 Å². The second-order valence-electron chi connectivity index (χ2n) is 3.09. The highest BCUT2D eigenvalue weighted by molar-refractivity contribution is 6.30. The van der Waals surface area contributed by atoms with Gasteiger partial charge in [-0.1, -0.05) is 17.7 Å². The highest BCUT2D eigenvalue weighted by Crippen LogP contribution is 2.09. The van der Waals surface area contributed by atoms with Gasteiger partial charge in [-0.2, -0.15) is 0 Å². The number of rotatable bonds is 0. The average Bonchev–Trinajstić information content (AvgIpc) is 2.61. The molecule has 3 heteroatoms. The molecule has 2 rings (SSSR count). The average molecular weight is 217 g/mol. The molecule has 0 radical (unpaired) electrons. The first-order valence-corrected chi connectivity index (χ1v) is 4.91. The van der Waals surface area contributed by atoms with Gasteiger partial charge in [-0.15, -0.1) is 0 Å². The summed E-state index contributed by atoms with van der Waals surface area (Å²) in [5, 5.41) is 0.698. The quantitative estimate of drug-likeness (QED) is 0.620. The van der Waals surface area contributed by atoms with Crippen LogP contribution in [0.2, 0.25) is 5.02 Å². The highest BCUT2D eigenvalue weighted by Gasteiger charge is 1.91. The van der Waals surface area contributed by atoms with E-state index in [0.717, 1.165) is 11.4 Å². The number of halogens is 1. The SMILES string of the molecule is Cc1nccn1C#Cc1cccc(Cl)c1. The molecular weight excluding hydrogens is 208 g/mol. The maximum Gasteiger partial charge on any atom is 0.117 e. The molecule has 0 unspecified atom stereocenters. The minimum atomic E-state index is 0.698. The van der Waals surface area contributed by atoms with Crippen LogP contribution >= 0.6 is 11.6 Å². The van der Waals surface area contributed by atoms with Crippen molar-refractivity contribution in [1.29, 1.82) is 0 Å². The van der Waals surface area contributed by atoms with E-state index >= 15 is 0 Å². The maximum absolute atomic E-state index is 5.85. The molecular formula is C12H9ClN2. The minimum absolute atomic E-state index is 0.698. The van der Waals surface area contributed by atoms with Crippen molar-refractivity contribution >= 4 is 11.6 Å². The molecule has 0 saturated carbocycles. The lowest BCUT2D eigenvalue weighted by Gasteiger charge is -1.92. The molecule has 0 aliphatic rings. The molecule has 0 fully saturated rings. The fourth-order valence-corrected chi connectivity index (χ4v) is 1.38. The van der Waals surface area contributed by atoms with Gasteiger partial charge >= 0.3 is 0 Å². The Bertz CT molecular complexity index is 532. The molecule has 0 atom stereocenters. The van der Waals surface area contributed by atoms with Crippen LogP contribution in [0.4, 0.5) is 0 Å². The van der Waals surface area contributed by atoms with Gasteiger partial charge in [0.05, 0.1) is 0 Å². The van der Waals surface area contributed by atoms with Crippen molar-refractivity contribution in [1.82, 2.24) is 9.55 Å². The number of benzene rings is 1. The number of hydrogen-bond acceptors (Lipinski definition) is 1. The third-order valence-corrected chi connectivity index (χ3v) is 2.21. The fourth-order valence-electron chi connectivity index (χ4n) is 1.19. The second-order valence-corrected chi connectivity index (χ2v) is 3.53. The van der Waals surface area contributed by atoms with Gasteiger partial charge in [0.1, 0.15) is 5.82 Å². The molecule has 1 aromatic heterocycles. The summed E-state index contributed by atoms with van der Waals surface area (Å²) in [5.74, 6) is 3.90. The van der Waals surface area contributed by atoms with Gasteiger partial charge in [-0.05, 0) is 31.0 Å². The second kappa shape index (κ2) is 4.20. The number of hydrogen-bond donors (Lipinski definition) is 0. The number of imidazole rings is 1. The highest BCUT2D eigenvalue weighted by atomic mass is 35.5. The van der Waals surface area contributed by atoms with Crippen LogP contribution in [-0.4, -0.2) is 9.55 Å². The zero-order valence-electron chi connectivity index (χ0n) is 8.24. The summed E-state index contributed by atoms with van der Waals surface area (Å²) in [4.78, 5) is 4.08. The summed E-state index contributed by atoms with van der Waals surface area (Å²) in [7, 11) is 0. The van der Waals surface area contributed by atoms with Crippen molar-refractivity contribution < 1.29 is 0 Å². The smallest absolute Gasteiger partial charge is 0.117 e. The normalized spacial score (nSPS) is 9.47. The molecule has 0 aliphatic carbocycles. The maximum atomic E-state index is 5.85. The lowest BCUT2D eigenvalue weighted by Crippen LogP contribution is -1.89. The monoisotopic (exact) mass is 216 g/mol. The molecule has 0 spiro atoms. The van der Waals surface area contributed by atoms with Crippen molar-refractivity contribution in [3.05, 3.63) is 53.1 Å². The molecule has 0 saturated heterocycles. The van der Waals surface area contributed by atoms with Crippen LogP contribution in [0, 0.1) is 18.9 Å². The Kier molecular flexibility index (Phi) is 2.75. The van der Waals surface area contributed by atoms with Crippen molar-refractivity contribution in [3.8, 4) is 12.0 Å². The fraction of sp³-hybridized carbons (Fsp3) is 0.0833. The molecule has 74 valence electrons. The predicted molar refractivity (Wildman–Crippen MR) is 60.7 cm³/mol. The van der Waals surface area contributed by atoms with E-state index in [1.165, 1.54) is 0 Å². The van der Waals surface area contributed by atoms with Gasteiger partial charge in [0.15, 0.2) is 0 Å². The summed E-state index contributed by atoms with van der Waals surface area (Å²) in [6.45, 7) is 1.91. The molecule has 15 heavy (non-hydrogen) atoms. The van der Waals surface area contributed by atoms with Gasteiger partial charge < -0.3 is 0 Å². The van der Waals surface area contributed by atoms with Crippen LogP contribution in [0.3, 0.4) is 0 Å². The van der Waals surface area contributed by atoms with Crippen LogP contribution in [0.5, 0.6) is 0 Å². The van der Waals surface area contributed by atoms with Gasteiger partial charge in [0.25, 0.3) is 0 Å². The first-order valence-electron chi connectivity index (χ1n) is 4.53. The molecule has 0 amide bonds. The molecule has 2 nitrogen and oxygen atoms in total. The largest absolute Gasteiger partial charge is 0.262 e. The van der Waals surface area contributed by atoms with E-state index in [2.05, 4.69) is 16.9 Å². The Morgan fingerprint density at radius 3 is 2.93 bits per heavy atom. The van der Waals surface area contributed by atoms with Crippen molar-refractivity contribution in [2.75, 3.05) is 0 Å². The number of aryl methyl sites for hydroxylation is 1. The van der Waals surface area contributed by atoms with E-state index < -0.39 is 0 Å². The summed E-state index contributed by atoms with van der Waals surface area (Å²) < 4.78 is 1.78. The molecule has 0 aliphatic heterocycles. The van der Waals surface area contributed by atoms with Gasteiger partial charge in [0.2, 0.25) is 0 Å². The van der Waals surface area contributed by atoms with E-state index in [0.29, 0.717) is 5.02 Å². The van der Waals surface area contributed by atoms with Crippen LogP contribution in [-0.2, 0) is 0 Å². The van der Waals surface area contributed by atoms with Crippen LogP contribution in [0.25, 0.3) is 0 Å². The van der Waals surface area contributed by atoms with Gasteiger partial charge in [-0.3, -0.25) is 4.57 Å². The Hall–Kier alpha value is -1.72. The zero-order valence-corrected chi connectivity index (χ0v) is 8.99. The standard InChI is InChI=1S/C12H9ClN2/c1-10-14-6-8-15(10)7-5-11-3-2-4-12(13)9-11/h2-4,6,8-9H,1H3. The van der Waals surface area contributed by atoms with Crippen LogP contribution < -0.4 is 0 Å². The summed E-state index contributed by atoms with van der Waals surface area (Å²) in [5.41, 5.74) is 0.899. The van der Waals surface area contributed by atoms with Crippen molar-refractivity contribution in [2.24, 2.45) is 0 Å². The van der Waals surface area contributed by atoms with E-state index in [-0.39, 0.29) is 0 Å². The third kappa shape index (κ3) is 2.39. The first kappa shape index (κ1) is 9.82. The van der Waals surface area contributed by atoms with Crippen molar-refractivity contribution in [3.63, 3.8) is 0 Å². The van der Waals surface area contributed by atoms with Crippen LogP contribution in [0.1, 0.15) is 11.4 Å². The lowest BCUT2D eigenvalue weighted by molar-refractivity contribution is 1.01. The number of aromatic nitrogens is 2. The Morgan fingerprint density at radius 1 is 1.40 bits per heavy atom. The molecule has 1 aromatic carbocycles. The Balaban J connectivity index is 2.30. The molecule has 0 bridgehead atoms. The van der Waals surface area contributed by atoms with Gasteiger partial charge in [-0.25, -0.2) is 4.98 Å². The van der Waals surface area contributed by atoms with E-state index in [9.17, 15) is 0 Å². The lowest BCUT2D eigenvalue weighted by atomic mass is 10.2. The van der Waals surface area contributed by atoms with Crippen LogP contribution in [0.15, 0.2) is 36.7 Å². The van der Waals surface area contributed by atoms with E-state index in [1.54, 1.807) is 10.8 Å². The molecule has 0 N–H and O–H groups in total. The van der Waals surface area contributed by atoms with E-state index in [4.69, 9.17) is 11.6 Å². The Morgan fingerprint density at radius 2 is 2.27 bits per heavy atom. The first-order chi connectivity index (χ1) is 7.25. The van der Waals surface area contributed by atoms with Crippen molar-refractivity contribution in [2.45, 2.75) is 6.92 Å². The predicted octanol–water partition coefficient (Wildman–Crippen LogP) is 2.70. The Labute approximate surface area is 93.5 Å². The molecule has 2 aromatic rings. The summed E-state index contributed by atoms with van der Waals surface area (Å²) >= 11 is 5.85.